The molecule has 1 amide bonds. The smallest absolute Gasteiger partial charge is 0.225 e. The average Bonchev–Trinajstić information content (AvgIpc) is 2.37. The molecule has 2 rings (SSSR count). The third-order valence-corrected chi connectivity index (χ3v) is 2.56. The minimum Gasteiger partial charge on any atom is -0.378 e. The summed E-state index contributed by atoms with van der Waals surface area (Å²) in [5, 5.41) is 2.61. The normalized spacial score (nSPS) is 15.7. The molecule has 1 N–H and O–H groups in total. The summed E-state index contributed by atoms with van der Waals surface area (Å²) >= 11 is 0. The molecule has 0 atom stereocenters. The van der Waals surface area contributed by atoms with Gasteiger partial charge >= 0.3 is 0 Å². The third-order valence-electron chi connectivity index (χ3n) is 2.56. The van der Waals surface area contributed by atoms with E-state index in [1.54, 1.807) is 0 Å². The summed E-state index contributed by atoms with van der Waals surface area (Å²) in [6, 6.07) is 1.88. The number of aromatic nitrogens is 2. The molecule has 0 aromatic carbocycles. The SMILES string of the molecule is Cc1cc(CNC=O)nc(N2CCOCC2)n1. The summed E-state index contributed by atoms with van der Waals surface area (Å²) < 4.78 is 5.29. The van der Waals surface area contributed by atoms with Gasteiger partial charge in [-0.2, -0.15) is 0 Å². The van der Waals surface area contributed by atoms with E-state index >= 15 is 0 Å². The Labute approximate surface area is 100 Å². The molecule has 1 aromatic rings. The van der Waals surface area contributed by atoms with Gasteiger partial charge in [-0.3, -0.25) is 4.79 Å². The van der Waals surface area contributed by atoms with Crippen LogP contribution < -0.4 is 10.2 Å². The van der Waals surface area contributed by atoms with E-state index in [0.717, 1.165) is 30.4 Å². The fraction of sp³-hybridized carbons (Fsp3) is 0.545. The summed E-state index contributed by atoms with van der Waals surface area (Å²) in [6.07, 6.45) is 0.672. The van der Waals surface area contributed by atoms with Crippen LogP contribution >= 0.6 is 0 Å². The van der Waals surface area contributed by atoms with Gasteiger partial charge in [0.1, 0.15) is 0 Å². The van der Waals surface area contributed by atoms with Crippen molar-refractivity contribution in [2.75, 3.05) is 31.2 Å². The molecule has 1 aromatic heterocycles. The molecule has 2 heterocycles. The Morgan fingerprint density at radius 3 is 2.94 bits per heavy atom. The van der Waals surface area contributed by atoms with Crippen LogP contribution in [-0.2, 0) is 16.1 Å². The van der Waals surface area contributed by atoms with Crippen molar-refractivity contribution in [1.82, 2.24) is 15.3 Å². The minimum atomic E-state index is 0.435. The van der Waals surface area contributed by atoms with Gasteiger partial charge in [0.25, 0.3) is 0 Å². The van der Waals surface area contributed by atoms with Gasteiger partial charge in [-0.25, -0.2) is 9.97 Å². The van der Waals surface area contributed by atoms with Crippen molar-refractivity contribution in [2.24, 2.45) is 0 Å². The first-order valence-electron chi connectivity index (χ1n) is 5.64. The second-order valence-corrected chi connectivity index (χ2v) is 3.90. The Kier molecular flexibility index (Phi) is 3.87. The largest absolute Gasteiger partial charge is 0.378 e. The van der Waals surface area contributed by atoms with Crippen molar-refractivity contribution in [1.29, 1.82) is 0 Å². The molecule has 0 aliphatic carbocycles. The Morgan fingerprint density at radius 2 is 2.24 bits per heavy atom. The van der Waals surface area contributed by atoms with Gasteiger partial charge in [0.05, 0.1) is 25.5 Å². The molecule has 1 fully saturated rings. The Morgan fingerprint density at radius 1 is 1.47 bits per heavy atom. The molecule has 1 aliphatic heterocycles. The molecule has 1 saturated heterocycles. The number of anilines is 1. The number of nitrogens with one attached hydrogen (secondary N) is 1. The molecule has 0 saturated carbocycles. The monoisotopic (exact) mass is 236 g/mol. The molecule has 92 valence electrons. The summed E-state index contributed by atoms with van der Waals surface area (Å²) in [5.41, 5.74) is 1.73. The van der Waals surface area contributed by atoms with Crippen LogP contribution in [-0.4, -0.2) is 42.7 Å². The highest BCUT2D eigenvalue weighted by Gasteiger charge is 2.14. The average molecular weight is 236 g/mol. The van der Waals surface area contributed by atoms with Crippen LogP contribution in [0.25, 0.3) is 0 Å². The highest BCUT2D eigenvalue weighted by Crippen LogP contribution is 2.11. The van der Waals surface area contributed by atoms with Crippen LogP contribution in [0.4, 0.5) is 5.95 Å². The topological polar surface area (TPSA) is 67.4 Å². The molecule has 0 bridgehead atoms. The zero-order valence-electron chi connectivity index (χ0n) is 9.85. The predicted molar refractivity (Wildman–Crippen MR) is 62.7 cm³/mol. The fourth-order valence-electron chi connectivity index (χ4n) is 1.76. The van der Waals surface area contributed by atoms with Crippen LogP contribution in [0.3, 0.4) is 0 Å². The van der Waals surface area contributed by atoms with Gasteiger partial charge in [0.15, 0.2) is 0 Å². The second-order valence-electron chi connectivity index (χ2n) is 3.90. The van der Waals surface area contributed by atoms with Crippen LogP contribution in [0, 0.1) is 6.92 Å². The maximum Gasteiger partial charge on any atom is 0.225 e. The Bertz CT molecular complexity index is 391. The van der Waals surface area contributed by atoms with Crippen LogP contribution in [0.2, 0.25) is 0 Å². The number of rotatable bonds is 4. The van der Waals surface area contributed by atoms with Crippen molar-refractivity contribution >= 4 is 12.4 Å². The van der Waals surface area contributed by atoms with Crippen molar-refractivity contribution in [2.45, 2.75) is 13.5 Å². The number of carbonyl (C=O) groups excluding carboxylic acids is 1. The quantitative estimate of drug-likeness (QED) is 0.737. The first-order valence-corrected chi connectivity index (χ1v) is 5.64. The van der Waals surface area contributed by atoms with Crippen molar-refractivity contribution in [3.8, 4) is 0 Å². The number of aryl methyl sites for hydroxylation is 1. The van der Waals surface area contributed by atoms with Crippen molar-refractivity contribution in [3.63, 3.8) is 0 Å². The number of amides is 1. The summed E-state index contributed by atoms with van der Waals surface area (Å²) in [6.45, 7) is 5.40. The van der Waals surface area contributed by atoms with E-state index in [2.05, 4.69) is 20.2 Å². The maximum atomic E-state index is 10.3. The van der Waals surface area contributed by atoms with Gasteiger partial charge in [0, 0.05) is 18.8 Å². The van der Waals surface area contributed by atoms with Crippen molar-refractivity contribution in [3.05, 3.63) is 17.5 Å². The molecule has 1 aliphatic rings. The number of hydrogen-bond donors (Lipinski definition) is 1. The lowest BCUT2D eigenvalue weighted by Crippen LogP contribution is -2.37. The number of carbonyl (C=O) groups is 1. The molecule has 17 heavy (non-hydrogen) atoms. The van der Waals surface area contributed by atoms with Gasteiger partial charge in [-0.1, -0.05) is 0 Å². The summed E-state index contributed by atoms with van der Waals surface area (Å²) in [5.74, 6) is 0.719. The van der Waals surface area contributed by atoms with E-state index in [1.165, 1.54) is 0 Å². The van der Waals surface area contributed by atoms with E-state index in [0.29, 0.717) is 26.2 Å². The second kappa shape index (κ2) is 5.58. The van der Waals surface area contributed by atoms with Gasteiger partial charge in [-0.05, 0) is 13.0 Å². The number of morpholine rings is 1. The first kappa shape index (κ1) is 11.8. The lowest BCUT2D eigenvalue weighted by atomic mass is 10.3. The minimum absolute atomic E-state index is 0.435. The van der Waals surface area contributed by atoms with E-state index in [-0.39, 0.29) is 0 Å². The van der Waals surface area contributed by atoms with E-state index < -0.39 is 0 Å². The Balaban J connectivity index is 2.14. The molecule has 0 spiro atoms. The molecule has 0 unspecified atom stereocenters. The predicted octanol–water partition coefficient (Wildman–Crippen LogP) is -0.132. The summed E-state index contributed by atoms with van der Waals surface area (Å²) in [4.78, 5) is 21.2. The molecule has 0 radical (unpaired) electrons. The first-order chi connectivity index (χ1) is 8.29. The third kappa shape index (κ3) is 3.13. The highest BCUT2D eigenvalue weighted by molar-refractivity contribution is 5.46. The van der Waals surface area contributed by atoms with Crippen LogP contribution in [0.15, 0.2) is 6.07 Å². The molecule has 6 heteroatoms. The highest BCUT2D eigenvalue weighted by atomic mass is 16.5. The standard InChI is InChI=1S/C11H16N4O2/c1-9-6-10(7-12-8-16)14-11(13-9)15-2-4-17-5-3-15/h6,8H,2-5,7H2,1H3,(H,12,16). The van der Waals surface area contributed by atoms with Crippen LogP contribution in [0.5, 0.6) is 0 Å². The van der Waals surface area contributed by atoms with E-state index in [9.17, 15) is 4.79 Å². The molecule has 6 nitrogen and oxygen atoms in total. The zero-order valence-corrected chi connectivity index (χ0v) is 9.85. The van der Waals surface area contributed by atoms with E-state index in [1.807, 2.05) is 13.0 Å². The van der Waals surface area contributed by atoms with Gasteiger partial charge in [0.2, 0.25) is 12.4 Å². The lowest BCUT2D eigenvalue weighted by molar-refractivity contribution is -0.109. The number of ether oxygens (including phenoxy) is 1. The molecular weight excluding hydrogens is 220 g/mol. The fourth-order valence-corrected chi connectivity index (χ4v) is 1.76. The van der Waals surface area contributed by atoms with Gasteiger partial charge in [-0.15, -0.1) is 0 Å². The van der Waals surface area contributed by atoms with Gasteiger partial charge < -0.3 is 15.0 Å². The summed E-state index contributed by atoms with van der Waals surface area (Å²) in [7, 11) is 0. The number of nitrogens with zero attached hydrogens (tertiary/aromatic N) is 3. The lowest BCUT2D eigenvalue weighted by Gasteiger charge is -2.27. The van der Waals surface area contributed by atoms with Crippen molar-refractivity contribution < 1.29 is 9.53 Å². The molecular formula is C11H16N4O2. The Hall–Kier alpha value is -1.69. The maximum absolute atomic E-state index is 10.3. The number of hydrogen-bond acceptors (Lipinski definition) is 5. The van der Waals surface area contributed by atoms with Crippen LogP contribution in [0.1, 0.15) is 11.4 Å². The van der Waals surface area contributed by atoms with E-state index in [4.69, 9.17) is 4.74 Å². The zero-order chi connectivity index (χ0) is 12.1.